The molecule has 0 heterocycles. The van der Waals surface area contributed by atoms with Gasteiger partial charge in [0.25, 0.3) is 0 Å². The molecule has 6 heteroatoms. The molecule has 0 spiro atoms. The Bertz CT molecular complexity index is 1250. The number of ether oxygens (including phenoxy) is 3. The zero-order valence-electron chi connectivity index (χ0n) is 54.6. The minimum atomic E-state index is -0.767. The van der Waals surface area contributed by atoms with Gasteiger partial charge in [-0.05, 0) is 44.9 Å². The standard InChI is InChI=1S/C74H142O6/c1-4-7-10-13-16-19-22-24-26-28-30-31-32-33-34-35-36-37-38-39-40-41-42-44-45-47-49-52-55-58-61-64-67-73(76)79-70-71(69-78-72(75)66-63-60-57-54-51-21-18-15-12-9-6-3)80-74(77)68-65-62-59-56-53-50-48-46-43-29-27-25-23-20-17-14-11-8-5-2/h25,27,71H,4-24,26,28-70H2,1-3H3/b27-25-. The summed E-state index contributed by atoms with van der Waals surface area (Å²) < 4.78 is 17.0. The maximum atomic E-state index is 12.9. The molecule has 0 aromatic rings. The first-order valence-corrected chi connectivity index (χ1v) is 36.7. The molecular formula is C74H142O6. The van der Waals surface area contributed by atoms with Gasteiger partial charge in [-0.25, -0.2) is 0 Å². The van der Waals surface area contributed by atoms with E-state index in [1.807, 2.05) is 0 Å². The van der Waals surface area contributed by atoms with Crippen LogP contribution in [0.1, 0.15) is 425 Å². The molecule has 0 aliphatic carbocycles. The minimum Gasteiger partial charge on any atom is -0.462 e. The molecule has 0 aliphatic heterocycles. The van der Waals surface area contributed by atoms with Crippen LogP contribution in [0.4, 0.5) is 0 Å². The first-order valence-electron chi connectivity index (χ1n) is 36.7. The number of hydrogen-bond donors (Lipinski definition) is 0. The van der Waals surface area contributed by atoms with Gasteiger partial charge in [-0.15, -0.1) is 0 Å². The van der Waals surface area contributed by atoms with E-state index in [1.165, 1.54) is 327 Å². The highest BCUT2D eigenvalue weighted by Gasteiger charge is 2.20. The number of hydrogen-bond acceptors (Lipinski definition) is 6. The van der Waals surface area contributed by atoms with Crippen molar-refractivity contribution < 1.29 is 28.6 Å². The molecule has 0 saturated heterocycles. The highest BCUT2D eigenvalue weighted by Crippen LogP contribution is 2.19. The molecule has 0 fully saturated rings. The highest BCUT2D eigenvalue weighted by molar-refractivity contribution is 5.71. The molecule has 0 aliphatic rings. The fraction of sp³-hybridized carbons (Fsp3) is 0.932. The highest BCUT2D eigenvalue weighted by atomic mass is 16.6. The van der Waals surface area contributed by atoms with E-state index in [2.05, 4.69) is 32.9 Å². The number of rotatable bonds is 69. The second-order valence-electron chi connectivity index (χ2n) is 25.2. The van der Waals surface area contributed by atoms with Crippen LogP contribution in [0.3, 0.4) is 0 Å². The van der Waals surface area contributed by atoms with Gasteiger partial charge in [0.05, 0.1) is 0 Å². The summed E-state index contributed by atoms with van der Waals surface area (Å²) in [5.41, 5.74) is 0. The van der Waals surface area contributed by atoms with Crippen molar-refractivity contribution in [1.29, 1.82) is 0 Å². The molecule has 1 atom stereocenters. The van der Waals surface area contributed by atoms with Crippen molar-refractivity contribution in [3.63, 3.8) is 0 Å². The number of allylic oxidation sites excluding steroid dienone is 2. The van der Waals surface area contributed by atoms with Gasteiger partial charge in [-0.1, -0.05) is 373 Å². The molecule has 474 valence electrons. The molecular weight excluding hydrogens is 985 g/mol. The van der Waals surface area contributed by atoms with E-state index in [9.17, 15) is 14.4 Å². The van der Waals surface area contributed by atoms with Crippen molar-refractivity contribution in [3.8, 4) is 0 Å². The third kappa shape index (κ3) is 66.9. The first-order chi connectivity index (χ1) is 39.5. The average molecular weight is 1130 g/mol. The average Bonchev–Trinajstić information content (AvgIpc) is 3.46. The van der Waals surface area contributed by atoms with E-state index in [0.29, 0.717) is 19.3 Å². The summed E-state index contributed by atoms with van der Waals surface area (Å²) in [6.45, 7) is 6.71. The van der Waals surface area contributed by atoms with E-state index in [4.69, 9.17) is 14.2 Å². The molecule has 0 rings (SSSR count). The van der Waals surface area contributed by atoms with Crippen LogP contribution in [0.25, 0.3) is 0 Å². The summed E-state index contributed by atoms with van der Waals surface area (Å²) in [5, 5.41) is 0. The minimum absolute atomic E-state index is 0.0641. The first kappa shape index (κ1) is 78.1. The Morgan fingerprint density at radius 2 is 0.412 bits per heavy atom. The second kappa shape index (κ2) is 69.6. The van der Waals surface area contributed by atoms with E-state index in [-0.39, 0.29) is 31.1 Å². The Kier molecular flexibility index (Phi) is 68.0. The molecule has 80 heavy (non-hydrogen) atoms. The van der Waals surface area contributed by atoms with Crippen LogP contribution in [0.15, 0.2) is 12.2 Å². The lowest BCUT2D eigenvalue weighted by atomic mass is 10.0. The number of esters is 3. The van der Waals surface area contributed by atoms with Crippen molar-refractivity contribution in [2.45, 2.75) is 431 Å². The van der Waals surface area contributed by atoms with Gasteiger partial charge in [-0.3, -0.25) is 14.4 Å². The monoisotopic (exact) mass is 1130 g/mol. The Balaban J connectivity index is 4.06. The van der Waals surface area contributed by atoms with Gasteiger partial charge in [0.15, 0.2) is 6.10 Å². The molecule has 0 aromatic heterocycles. The van der Waals surface area contributed by atoms with Crippen molar-refractivity contribution >= 4 is 17.9 Å². The van der Waals surface area contributed by atoms with E-state index < -0.39 is 6.10 Å². The van der Waals surface area contributed by atoms with Crippen molar-refractivity contribution in [1.82, 2.24) is 0 Å². The summed E-state index contributed by atoms with van der Waals surface area (Å²) in [6, 6.07) is 0. The van der Waals surface area contributed by atoms with Gasteiger partial charge >= 0.3 is 17.9 Å². The number of carbonyl (C=O) groups is 3. The van der Waals surface area contributed by atoms with Gasteiger partial charge in [0, 0.05) is 19.3 Å². The quantitative estimate of drug-likeness (QED) is 0.0261. The van der Waals surface area contributed by atoms with Crippen LogP contribution in [-0.4, -0.2) is 37.2 Å². The Hall–Kier alpha value is -1.85. The fourth-order valence-electron chi connectivity index (χ4n) is 11.5. The predicted molar refractivity (Wildman–Crippen MR) is 349 cm³/mol. The van der Waals surface area contributed by atoms with Crippen molar-refractivity contribution in [3.05, 3.63) is 12.2 Å². The molecule has 6 nitrogen and oxygen atoms in total. The Morgan fingerprint density at radius 3 is 0.625 bits per heavy atom. The summed E-state index contributed by atoms with van der Waals surface area (Å²) >= 11 is 0. The van der Waals surface area contributed by atoms with Crippen LogP contribution >= 0.6 is 0 Å². The van der Waals surface area contributed by atoms with Crippen LogP contribution in [0.2, 0.25) is 0 Å². The zero-order valence-corrected chi connectivity index (χ0v) is 54.6. The predicted octanol–water partition coefficient (Wildman–Crippen LogP) is 25.2. The molecule has 0 saturated carbocycles. The summed E-state index contributed by atoms with van der Waals surface area (Å²) in [4.78, 5) is 38.3. The lowest BCUT2D eigenvalue weighted by molar-refractivity contribution is -0.167. The largest absolute Gasteiger partial charge is 0.462 e. The van der Waals surface area contributed by atoms with Crippen LogP contribution in [-0.2, 0) is 28.6 Å². The SMILES string of the molecule is CCCCCCCC/C=C\CCCCCCCCCCCC(=O)OC(COC(=O)CCCCCCCCCCCCC)COC(=O)CCCCCCCCCCCCCCCCCCCCCCCCCCCCCCCCCC. The number of carbonyl (C=O) groups excluding carboxylic acids is 3. The van der Waals surface area contributed by atoms with Gasteiger partial charge in [0.1, 0.15) is 13.2 Å². The van der Waals surface area contributed by atoms with Crippen molar-refractivity contribution in [2.75, 3.05) is 13.2 Å². The third-order valence-corrected chi connectivity index (χ3v) is 17.0. The fourth-order valence-corrected chi connectivity index (χ4v) is 11.5. The van der Waals surface area contributed by atoms with Gasteiger partial charge in [-0.2, -0.15) is 0 Å². The molecule has 0 amide bonds. The lowest BCUT2D eigenvalue weighted by Gasteiger charge is -2.18. The lowest BCUT2D eigenvalue weighted by Crippen LogP contribution is -2.30. The van der Waals surface area contributed by atoms with Gasteiger partial charge in [0.2, 0.25) is 0 Å². The van der Waals surface area contributed by atoms with E-state index in [1.54, 1.807) is 0 Å². The Morgan fingerprint density at radius 1 is 0.237 bits per heavy atom. The summed E-state index contributed by atoms with van der Waals surface area (Å²) in [5.74, 6) is -0.834. The normalized spacial score (nSPS) is 12.0. The van der Waals surface area contributed by atoms with Crippen molar-refractivity contribution in [2.24, 2.45) is 0 Å². The molecule has 0 bridgehead atoms. The zero-order chi connectivity index (χ0) is 57.8. The van der Waals surface area contributed by atoms with Crippen LogP contribution in [0.5, 0.6) is 0 Å². The topological polar surface area (TPSA) is 78.9 Å². The molecule has 0 N–H and O–H groups in total. The maximum Gasteiger partial charge on any atom is 0.306 e. The smallest absolute Gasteiger partial charge is 0.306 e. The third-order valence-electron chi connectivity index (χ3n) is 17.0. The summed E-state index contributed by atoms with van der Waals surface area (Å²) in [6.07, 6.45) is 84.1. The maximum absolute atomic E-state index is 12.9. The van der Waals surface area contributed by atoms with E-state index in [0.717, 1.165) is 57.8 Å². The van der Waals surface area contributed by atoms with E-state index >= 15 is 0 Å². The van der Waals surface area contributed by atoms with Crippen LogP contribution < -0.4 is 0 Å². The van der Waals surface area contributed by atoms with Crippen LogP contribution in [0, 0.1) is 0 Å². The summed E-state index contributed by atoms with van der Waals surface area (Å²) in [7, 11) is 0. The molecule has 0 radical (unpaired) electrons. The Labute approximate surface area is 501 Å². The van der Waals surface area contributed by atoms with Gasteiger partial charge < -0.3 is 14.2 Å². The second-order valence-corrected chi connectivity index (χ2v) is 25.2. The molecule has 0 aromatic carbocycles. The molecule has 1 unspecified atom stereocenters. The number of unbranched alkanes of at least 4 members (excludes halogenated alkanes) is 56.